The summed E-state index contributed by atoms with van der Waals surface area (Å²) in [5.41, 5.74) is -1.21. The molecule has 162 valence electrons. The lowest BCUT2D eigenvalue weighted by Crippen LogP contribution is -2.38. The van der Waals surface area contributed by atoms with Crippen molar-refractivity contribution >= 4 is 29.1 Å². The van der Waals surface area contributed by atoms with E-state index in [1.54, 1.807) is 6.92 Å². The van der Waals surface area contributed by atoms with Crippen LogP contribution in [0.3, 0.4) is 0 Å². The maximum absolute atomic E-state index is 13.1. The SMILES string of the molecule is CCN(CC(=O)Nc1ccccc1C(F)(F)F)C(=O)c1cc(Cl)c(OC)c(OC)c1. The Labute approximate surface area is 176 Å². The Hall–Kier alpha value is -2.94. The minimum atomic E-state index is -4.62. The fourth-order valence-electron chi connectivity index (χ4n) is 2.75. The molecule has 2 aromatic carbocycles. The largest absolute Gasteiger partial charge is 0.493 e. The average Bonchev–Trinajstić information content (AvgIpc) is 2.70. The predicted octanol–water partition coefficient (Wildman–Crippen LogP) is 4.48. The van der Waals surface area contributed by atoms with E-state index in [0.717, 1.165) is 12.1 Å². The van der Waals surface area contributed by atoms with Crippen LogP contribution in [0.25, 0.3) is 0 Å². The Morgan fingerprint density at radius 3 is 2.37 bits per heavy atom. The molecule has 10 heteroatoms. The molecule has 0 saturated heterocycles. The first-order valence-electron chi connectivity index (χ1n) is 8.79. The molecule has 0 aromatic heterocycles. The van der Waals surface area contributed by atoms with Gasteiger partial charge in [0.05, 0.1) is 30.5 Å². The molecular formula is C20H20ClF3N2O4. The molecule has 1 N–H and O–H groups in total. The monoisotopic (exact) mass is 444 g/mol. The molecule has 0 radical (unpaired) electrons. The Balaban J connectivity index is 2.21. The van der Waals surface area contributed by atoms with Crippen LogP contribution in [0.1, 0.15) is 22.8 Å². The lowest BCUT2D eigenvalue weighted by atomic mass is 10.1. The molecule has 0 saturated carbocycles. The zero-order valence-electron chi connectivity index (χ0n) is 16.5. The van der Waals surface area contributed by atoms with Crippen molar-refractivity contribution in [1.29, 1.82) is 0 Å². The molecule has 0 aliphatic carbocycles. The Bertz CT molecular complexity index is 935. The average molecular weight is 445 g/mol. The molecule has 0 bridgehead atoms. The number of nitrogens with one attached hydrogen (secondary N) is 1. The molecule has 6 nitrogen and oxygen atoms in total. The van der Waals surface area contributed by atoms with Gasteiger partial charge in [0.15, 0.2) is 11.5 Å². The van der Waals surface area contributed by atoms with E-state index in [4.69, 9.17) is 21.1 Å². The van der Waals surface area contributed by atoms with Crippen LogP contribution in [0.15, 0.2) is 36.4 Å². The van der Waals surface area contributed by atoms with Gasteiger partial charge in [-0.1, -0.05) is 23.7 Å². The summed E-state index contributed by atoms with van der Waals surface area (Å²) in [5, 5.41) is 2.36. The van der Waals surface area contributed by atoms with Crippen LogP contribution in [0.2, 0.25) is 5.02 Å². The quantitative estimate of drug-likeness (QED) is 0.684. The smallest absolute Gasteiger partial charge is 0.418 e. The number of amides is 2. The van der Waals surface area contributed by atoms with E-state index in [1.165, 1.54) is 43.4 Å². The summed E-state index contributed by atoms with van der Waals surface area (Å²) in [7, 11) is 2.78. The summed E-state index contributed by atoms with van der Waals surface area (Å²) in [6.07, 6.45) is -4.62. The molecule has 2 rings (SSSR count). The van der Waals surface area contributed by atoms with Crippen molar-refractivity contribution in [1.82, 2.24) is 4.90 Å². The highest BCUT2D eigenvalue weighted by molar-refractivity contribution is 6.32. The first-order valence-corrected chi connectivity index (χ1v) is 9.17. The molecule has 2 aromatic rings. The molecular weight excluding hydrogens is 425 g/mol. The molecule has 0 heterocycles. The topological polar surface area (TPSA) is 67.9 Å². The number of methoxy groups -OCH3 is 2. The highest BCUT2D eigenvalue weighted by atomic mass is 35.5. The van der Waals surface area contributed by atoms with Gasteiger partial charge in [0.25, 0.3) is 5.91 Å². The van der Waals surface area contributed by atoms with Crippen LogP contribution in [0.5, 0.6) is 11.5 Å². The Morgan fingerprint density at radius 2 is 1.80 bits per heavy atom. The van der Waals surface area contributed by atoms with E-state index in [0.29, 0.717) is 0 Å². The van der Waals surface area contributed by atoms with E-state index in [2.05, 4.69) is 5.32 Å². The third kappa shape index (κ3) is 5.35. The normalized spacial score (nSPS) is 11.0. The number of anilines is 1. The van der Waals surface area contributed by atoms with E-state index < -0.39 is 30.1 Å². The summed E-state index contributed by atoms with van der Waals surface area (Å²) in [4.78, 5) is 26.3. The third-order valence-electron chi connectivity index (χ3n) is 4.19. The number of para-hydroxylation sites is 1. The number of benzene rings is 2. The number of carbonyl (C=O) groups is 2. The van der Waals surface area contributed by atoms with Gasteiger partial charge in [-0.2, -0.15) is 13.2 Å². The van der Waals surface area contributed by atoms with Gasteiger partial charge < -0.3 is 19.7 Å². The van der Waals surface area contributed by atoms with Gasteiger partial charge in [-0.15, -0.1) is 0 Å². The first-order chi connectivity index (χ1) is 14.1. The second-order valence-corrected chi connectivity index (χ2v) is 6.51. The molecule has 0 unspecified atom stereocenters. The highest BCUT2D eigenvalue weighted by Gasteiger charge is 2.33. The summed E-state index contributed by atoms with van der Waals surface area (Å²) in [5.74, 6) is -0.832. The van der Waals surface area contributed by atoms with E-state index in [9.17, 15) is 22.8 Å². The standard InChI is InChI=1S/C20H20ClF3N2O4/c1-4-26(19(28)12-9-14(21)18(30-3)16(10-12)29-2)11-17(27)25-15-8-6-5-7-13(15)20(22,23)24/h5-10H,4,11H2,1-3H3,(H,25,27). The number of halogens is 4. The van der Waals surface area contributed by atoms with Gasteiger partial charge in [-0.25, -0.2) is 0 Å². The minimum absolute atomic E-state index is 0.138. The van der Waals surface area contributed by atoms with Crippen molar-refractivity contribution in [2.45, 2.75) is 13.1 Å². The highest BCUT2D eigenvalue weighted by Crippen LogP contribution is 2.36. The van der Waals surface area contributed by atoms with Crippen LogP contribution in [-0.4, -0.2) is 44.0 Å². The van der Waals surface area contributed by atoms with E-state index in [1.807, 2.05) is 0 Å². The summed E-state index contributed by atoms with van der Waals surface area (Å²) >= 11 is 6.12. The van der Waals surface area contributed by atoms with Gasteiger partial charge in [-0.3, -0.25) is 9.59 Å². The molecule has 0 atom stereocenters. The van der Waals surface area contributed by atoms with Gasteiger partial charge in [0.2, 0.25) is 5.91 Å². The number of ether oxygens (including phenoxy) is 2. The second kappa shape index (κ2) is 9.71. The van der Waals surface area contributed by atoms with Crippen LogP contribution in [-0.2, 0) is 11.0 Å². The van der Waals surface area contributed by atoms with Gasteiger partial charge in [-0.05, 0) is 31.2 Å². The second-order valence-electron chi connectivity index (χ2n) is 6.10. The van der Waals surface area contributed by atoms with Crippen molar-refractivity contribution in [3.8, 4) is 11.5 Å². The number of carbonyl (C=O) groups excluding carboxylic acids is 2. The summed E-state index contributed by atoms with van der Waals surface area (Å²) in [6.45, 7) is 1.32. The van der Waals surface area contributed by atoms with Crippen molar-refractivity contribution in [2.24, 2.45) is 0 Å². The third-order valence-corrected chi connectivity index (χ3v) is 4.47. The van der Waals surface area contributed by atoms with Crippen LogP contribution in [0.4, 0.5) is 18.9 Å². The number of hydrogen-bond acceptors (Lipinski definition) is 4. The zero-order valence-corrected chi connectivity index (χ0v) is 17.2. The molecule has 0 aliphatic heterocycles. The lowest BCUT2D eigenvalue weighted by Gasteiger charge is -2.22. The first kappa shape index (κ1) is 23.3. The predicted molar refractivity (Wildman–Crippen MR) is 106 cm³/mol. The van der Waals surface area contributed by atoms with Crippen LogP contribution >= 0.6 is 11.6 Å². The maximum Gasteiger partial charge on any atom is 0.418 e. The maximum atomic E-state index is 13.1. The Morgan fingerprint density at radius 1 is 1.13 bits per heavy atom. The van der Waals surface area contributed by atoms with Gasteiger partial charge in [0, 0.05) is 12.1 Å². The molecule has 0 fully saturated rings. The number of alkyl halides is 3. The number of likely N-dealkylation sites (N-methyl/N-ethyl adjacent to an activating group) is 1. The summed E-state index contributed by atoms with van der Waals surface area (Å²) < 4.78 is 49.6. The molecule has 30 heavy (non-hydrogen) atoms. The van der Waals surface area contributed by atoms with E-state index >= 15 is 0 Å². The zero-order chi connectivity index (χ0) is 22.5. The van der Waals surface area contributed by atoms with Gasteiger partial charge >= 0.3 is 6.18 Å². The van der Waals surface area contributed by atoms with Crippen molar-refractivity contribution in [3.63, 3.8) is 0 Å². The lowest BCUT2D eigenvalue weighted by molar-refractivity contribution is -0.137. The van der Waals surface area contributed by atoms with Crippen molar-refractivity contribution < 1.29 is 32.2 Å². The fourth-order valence-corrected chi connectivity index (χ4v) is 3.04. The van der Waals surface area contributed by atoms with Crippen molar-refractivity contribution in [2.75, 3.05) is 32.6 Å². The molecule has 0 aliphatic rings. The van der Waals surface area contributed by atoms with Crippen molar-refractivity contribution in [3.05, 3.63) is 52.5 Å². The number of nitrogens with zero attached hydrogens (tertiary/aromatic N) is 1. The fraction of sp³-hybridized carbons (Fsp3) is 0.300. The van der Waals surface area contributed by atoms with Gasteiger partial charge in [0.1, 0.15) is 6.54 Å². The molecule has 2 amide bonds. The number of rotatable bonds is 7. The molecule has 0 spiro atoms. The van der Waals surface area contributed by atoms with Crippen LogP contribution in [0, 0.1) is 0 Å². The van der Waals surface area contributed by atoms with Crippen LogP contribution < -0.4 is 14.8 Å². The Kier molecular flexibility index (Phi) is 7.55. The van der Waals surface area contributed by atoms with E-state index in [-0.39, 0.29) is 34.3 Å². The minimum Gasteiger partial charge on any atom is -0.493 e. The summed E-state index contributed by atoms with van der Waals surface area (Å²) in [6, 6.07) is 7.38. The number of hydrogen-bond donors (Lipinski definition) is 1.